The molecule has 1 aliphatic heterocycles. The van der Waals surface area contributed by atoms with Gasteiger partial charge < -0.3 is 10.4 Å². The fourth-order valence-electron chi connectivity index (χ4n) is 4.08. The quantitative estimate of drug-likeness (QED) is 0.886. The Hall–Kier alpha value is -2.24. The Balaban J connectivity index is 1.51. The topological polar surface area (TPSA) is 52.6 Å². The summed E-state index contributed by atoms with van der Waals surface area (Å²) < 4.78 is 13.1. The summed E-state index contributed by atoms with van der Waals surface area (Å²) >= 11 is 0. The molecule has 3 atom stereocenters. The highest BCUT2D eigenvalue weighted by Gasteiger charge is 2.42. The Labute approximate surface area is 152 Å². The van der Waals surface area contributed by atoms with E-state index in [9.17, 15) is 14.3 Å². The monoisotopic (exact) mass is 354 g/mol. The van der Waals surface area contributed by atoms with E-state index in [0.717, 1.165) is 12.0 Å². The molecule has 0 spiro atoms. The third-order valence-corrected chi connectivity index (χ3v) is 5.57. The van der Waals surface area contributed by atoms with E-state index in [1.54, 1.807) is 12.1 Å². The van der Waals surface area contributed by atoms with Gasteiger partial charge in [0.15, 0.2) is 0 Å². The van der Waals surface area contributed by atoms with Gasteiger partial charge in [-0.05, 0) is 42.2 Å². The normalized spacial score (nSPS) is 24.0. The van der Waals surface area contributed by atoms with E-state index in [1.807, 2.05) is 19.1 Å². The van der Waals surface area contributed by atoms with Gasteiger partial charge in [-0.2, -0.15) is 0 Å². The van der Waals surface area contributed by atoms with Crippen LogP contribution in [-0.2, 0) is 11.2 Å². The van der Waals surface area contributed by atoms with Crippen LogP contribution in [0.3, 0.4) is 0 Å². The number of benzene rings is 2. The first-order valence-electron chi connectivity index (χ1n) is 9.08. The number of hydrogen-bond donors (Lipinski definition) is 2. The first-order chi connectivity index (χ1) is 12.5. The zero-order chi connectivity index (χ0) is 18.3. The Morgan fingerprint density at radius 1 is 1.19 bits per heavy atom. The van der Waals surface area contributed by atoms with Crippen molar-refractivity contribution in [3.63, 3.8) is 0 Å². The fourth-order valence-corrected chi connectivity index (χ4v) is 4.08. The third-order valence-electron chi connectivity index (χ3n) is 5.57. The molecule has 0 radical (unpaired) electrons. The third kappa shape index (κ3) is 3.13. The van der Waals surface area contributed by atoms with E-state index in [-0.39, 0.29) is 35.8 Å². The minimum absolute atomic E-state index is 0.0182. The van der Waals surface area contributed by atoms with Gasteiger partial charge in [0, 0.05) is 13.1 Å². The zero-order valence-corrected chi connectivity index (χ0v) is 14.7. The molecule has 0 saturated carbocycles. The van der Waals surface area contributed by atoms with Crippen LogP contribution in [0.1, 0.15) is 35.6 Å². The second-order valence-corrected chi connectivity index (χ2v) is 7.34. The number of aliphatic hydroxyl groups is 1. The summed E-state index contributed by atoms with van der Waals surface area (Å²) in [5.41, 5.74) is 3.29. The van der Waals surface area contributed by atoms with Crippen molar-refractivity contribution in [2.45, 2.75) is 37.5 Å². The van der Waals surface area contributed by atoms with Crippen molar-refractivity contribution in [1.29, 1.82) is 0 Å². The summed E-state index contributed by atoms with van der Waals surface area (Å²) in [6.45, 7) is 3.12. The minimum atomic E-state index is -0.345. The minimum Gasteiger partial charge on any atom is -0.390 e. The molecule has 26 heavy (non-hydrogen) atoms. The molecule has 2 aromatic carbocycles. The van der Waals surface area contributed by atoms with Gasteiger partial charge >= 0.3 is 0 Å². The van der Waals surface area contributed by atoms with Gasteiger partial charge in [0.05, 0.1) is 24.1 Å². The molecule has 1 heterocycles. The summed E-state index contributed by atoms with van der Waals surface area (Å²) in [7, 11) is 0. The van der Waals surface area contributed by atoms with E-state index < -0.39 is 0 Å². The number of rotatable bonds is 4. The lowest BCUT2D eigenvalue weighted by Crippen LogP contribution is -2.56. The summed E-state index contributed by atoms with van der Waals surface area (Å²) in [5.74, 6) is -0.702. The zero-order valence-electron chi connectivity index (χ0n) is 14.7. The summed E-state index contributed by atoms with van der Waals surface area (Å²) in [6, 6.07) is 14.4. The Kier molecular flexibility index (Phi) is 4.51. The lowest BCUT2D eigenvalue weighted by molar-refractivity contribution is -0.123. The van der Waals surface area contributed by atoms with E-state index in [1.165, 1.54) is 23.3 Å². The van der Waals surface area contributed by atoms with Gasteiger partial charge in [-0.3, -0.25) is 9.69 Å². The summed E-state index contributed by atoms with van der Waals surface area (Å²) in [4.78, 5) is 15.0. The SMILES string of the molecule is CC(C(=O)N[C@@H]1Cc2ccccc2[C@H]1N1CC(O)C1)c1ccc(F)cc1. The lowest BCUT2D eigenvalue weighted by Gasteiger charge is -2.43. The van der Waals surface area contributed by atoms with E-state index >= 15 is 0 Å². The molecule has 4 rings (SSSR count). The number of likely N-dealkylation sites (tertiary alicyclic amines) is 1. The first kappa shape index (κ1) is 17.2. The van der Waals surface area contributed by atoms with Gasteiger partial charge in [-0.1, -0.05) is 36.4 Å². The van der Waals surface area contributed by atoms with Crippen LogP contribution in [-0.4, -0.2) is 41.1 Å². The molecule has 2 aliphatic rings. The molecule has 4 nitrogen and oxygen atoms in total. The van der Waals surface area contributed by atoms with Crippen molar-refractivity contribution in [3.05, 3.63) is 71.0 Å². The van der Waals surface area contributed by atoms with Crippen molar-refractivity contribution in [1.82, 2.24) is 10.2 Å². The van der Waals surface area contributed by atoms with Crippen molar-refractivity contribution < 1.29 is 14.3 Å². The maximum atomic E-state index is 13.1. The Bertz CT molecular complexity index is 802. The van der Waals surface area contributed by atoms with Gasteiger partial charge in [0.25, 0.3) is 0 Å². The number of fused-ring (bicyclic) bond motifs is 1. The molecule has 1 fully saturated rings. The van der Waals surface area contributed by atoms with Gasteiger partial charge in [0.1, 0.15) is 5.82 Å². The van der Waals surface area contributed by atoms with Crippen LogP contribution in [0.25, 0.3) is 0 Å². The molecule has 1 unspecified atom stereocenters. The summed E-state index contributed by atoms with van der Waals surface area (Å²) in [5, 5.41) is 12.9. The number of carbonyl (C=O) groups is 1. The number of halogens is 1. The van der Waals surface area contributed by atoms with E-state index in [4.69, 9.17) is 0 Å². The van der Waals surface area contributed by atoms with Crippen molar-refractivity contribution in [3.8, 4) is 0 Å². The highest BCUT2D eigenvalue weighted by Crippen LogP contribution is 2.38. The number of hydrogen-bond acceptors (Lipinski definition) is 3. The highest BCUT2D eigenvalue weighted by molar-refractivity contribution is 5.83. The standard InChI is InChI=1S/C21H23FN2O2/c1-13(14-6-8-16(22)9-7-14)21(26)23-19-10-15-4-2-3-5-18(15)20(19)24-11-17(25)12-24/h2-9,13,17,19-20,25H,10-12H2,1H3,(H,23,26)/t13?,19-,20-/m1/s1. The molecule has 0 bridgehead atoms. The van der Waals surface area contributed by atoms with Crippen LogP contribution < -0.4 is 5.32 Å². The van der Waals surface area contributed by atoms with E-state index in [0.29, 0.717) is 13.1 Å². The predicted octanol–water partition coefficient (Wildman–Crippen LogP) is 2.39. The number of carbonyl (C=O) groups excluding carboxylic acids is 1. The Morgan fingerprint density at radius 3 is 2.58 bits per heavy atom. The van der Waals surface area contributed by atoms with Crippen LogP contribution in [0.2, 0.25) is 0 Å². The number of nitrogens with one attached hydrogen (secondary N) is 1. The molecular weight excluding hydrogens is 331 g/mol. The van der Waals surface area contributed by atoms with Crippen LogP contribution >= 0.6 is 0 Å². The fraction of sp³-hybridized carbons (Fsp3) is 0.381. The van der Waals surface area contributed by atoms with E-state index in [2.05, 4.69) is 22.3 Å². The smallest absolute Gasteiger partial charge is 0.227 e. The number of β-amino-alcohol motifs (C(OH)–C–C–N with tert-alkyl or cyclic N) is 1. The molecule has 136 valence electrons. The average Bonchev–Trinajstić information content (AvgIpc) is 2.96. The predicted molar refractivity (Wildman–Crippen MR) is 97.2 cm³/mol. The lowest BCUT2D eigenvalue weighted by atomic mass is 9.97. The maximum Gasteiger partial charge on any atom is 0.227 e. The van der Waals surface area contributed by atoms with Crippen LogP contribution in [0.15, 0.2) is 48.5 Å². The molecular formula is C21H23FN2O2. The Morgan fingerprint density at radius 2 is 1.88 bits per heavy atom. The van der Waals surface area contributed by atoms with Crippen LogP contribution in [0.4, 0.5) is 4.39 Å². The van der Waals surface area contributed by atoms with Gasteiger partial charge in [-0.25, -0.2) is 4.39 Å². The number of aliphatic hydroxyl groups excluding tert-OH is 1. The van der Waals surface area contributed by atoms with Crippen LogP contribution in [0, 0.1) is 5.82 Å². The number of nitrogens with zero attached hydrogens (tertiary/aromatic N) is 1. The van der Waals surface area contributed by atoms with Gasteiger partial charge in [0.2, 0.25) is 5.91 Å². The van der Waals surface area contributed by atoms with Crippen molar-refractivity contribution >= 4 is 5.91 Å². The molecule has 2 N–H and O–H groups in total. The molecule has 2 aromatic rings. The second-order valence-electron chi connectivity index (χ2n) is 7.34. The largest absolute Gasteiger partial charge is 0.390 e. The molecule has 1 amide bonds. The molecule has 1 saturated heterocycles. The maximum absolute atomic E-state index is 13.1. The number of amides is 1. The average molecular weight is 354 g/mol. The highest BCUT2D eigenvalue weighted by atomic mass is 19.1. The molecule has 5 heteroatoms. The van der Waals surface area contributed by atoms with Crippen LogP contribution in [0.5, 0.6) is 0 Å². The van der Waals surface area contributed by atoms with Crippen molar-refractivity contribution in [2.24, 2.45) is 0 Å². The summed E-state index contributed by atoms with van der Waals surface area (Å²) in [6.07, 6.45) is 0.507. The molecule has 1 aliphatic carbocycles. The van der Waals surface area contributed by atoms with Crippen molar-refractivity contribution in [2.75, 3.05) is 13.1 Å². The first-order valence-corrected chi connectivity index (χ1v) is 9.08. The second kappa shape index (κ2) is 6.82. The molecule has 0 aromatic heterocycles. The van der Waals surface area contributed by atoms with Gasteiger partial charge in [-0.15, -0.1) is 0 Å².